The Morgan fingerprint density at radius 2 is 2.00 bits per heavy atom. The molecule has 0 aliphatic rings. The van der Waals surface area contributed by atoms with Crippen molar-refractivity contribution in [2.75, 3.05) is 6.54 Å². The summed E-state index contributed by atoms with van der Waals surface area (Å²) in [7, 11) is 0. The van der Waals surface area contributed by atoms with Gasteiger partial charge in [-0.2, -0.15) is 0 Å². The number of aryl methyl sites for hydroxylation is 2. The van der Waals surface area contributed by atoms with Crippen LogP contribution in [0.2, 0.25) is 5.22 Å². The predicted molar refractivity (Wildman–Crippen MR) is 75.2 cm³/mol. The third-order valence-corrected chi connectivity index (χ3v) is 3.23. The lowest BCUT2D eigenvalue weighted by Crippen LogP contribution is -2.22. The predicted octanol–water partition coefficient (Wildman–Crippen LogP) is 4.25. The van der Waals surface area contributed by atoms with Crippen LogP contribution in [0.1, 0.15) is 35.4 Å². The van der Waals surface area contributed by atoms with Gasteiger partial charge in [-0.1, -0.05) is 30.7 Å². The molecule has 2 aromatic rings. The van der Waals surface area contributed by atoms with Gasteiger partial charge in [-0.25, -0.2) is 0 Å². The molecule has 1 heterocycles. The Morgan fingerprint density at radius 3 is 2.56 bits per heavy atom. The molecule has 18 heavy (non-hydrogen) atoms. The van der Waals surface area contributed by atoms with E-state index in [0.29, 0.717) is 5.22 Å². The van der Waals surface area contributed by atoms with Gasteiger partial charge in [0, 0.05) is 0 Å². The molecular formula is C15H18ClNO. The van der Waals surface area contributed by atoms with Gasteiger partial charge in [-0.05, 0) is 55.3 Å². The first-order valence-electron chi connectivity index (χ1n) is 6.17. The van der Waals surface area contributed by atoms with Crippen LogP contribution < -0.4 is 5.32 Å². The summed E-state index contributed by atoms with van der Waals surface area (Å²) in [5.41, 5.74) is 3.76. The van der Waals surface area contributed by atoms with E-state index in [1.165, 1.54) is 16.7 Å². The molecule has 0 fully saturated rings. The Balaban J connectivity index is 2.41. The monoisotopic (exact) mass is 263 g/mol. The summed E-state index contributed by atoms with van der Waals surface area (Å²) < 4.78 is 5.54. The lowest BCUT2D eigenvalue weighted by atomic mass is 9.97. The third kappa shape index (κ3) is 2.77. The fourth-order valence-electron chi connectivity index (χ4n) is 2.20. The minimum Gasteiger partial charge on any atom is -0.448 e. The average Bonchev–Trinajstić information content (AvgIpc) is 2.73. The number of halogens is 1. The summed E-state index contributed by atoms with van der Waals surface area (Å²) >= 11 is 5.86. The van der Waals surface area contributed by atoms with E-state index in [-0.39, 0.29) is 6.04 Å². The van der Waals surface area contributed by atoms with Crippen molar-refractivity contribution in [2.45, 2.75) is 26.8 Å². The number of nitrogens with one attached hydrogen (secondary N) is 1. The molecule has 1 aromatic heterocycles. The van der Waals surface area contributed by atoms with Crippen molar-refractivity contribution >= 4 is 11.6 Å². The van der Waals surface area contributed by atoms with E-state index >= 15 is 0 Å². The Bertz CT molecular complexity index is 533. The minimum atomic E-state index is 0.0584. The molecule has 0 spiro atoms. The normalized spacial score (nSPS) is 12.7. The van der Waals surface area contributed by atoms with Crippen LogP contribution in [-0.2, 0) is 0 Å². The molecular weight excluding hydrogens is 246 g/mol. The first kappa shape index (κ1) is 13.2. The quantitative estimate of drug-likeness (QED) is 0.892. The van der Waals surface area contributed by atoms with E-state index in [2.05, 4.69) is 44.3 Å². The Morgan fingerprint density at radius 1 is 1.22 bits per heavy atom. The van der Waals surface area contributed by atoms with Crippen LogP contribution in [0.4, 0.5) is 0 Å². The van der Waals surface area contributed by atoms with Crippen LogP contribution >= 0.6 is 11.6 Å². The number of hydrogen-bond acceptors (Lipinski definition) is 2. The fourth-order valence-corrected chi connectivity index (χ4v) is 2.35. The summed E-state index contributed by atoms with van der Waals surface area (Å²) in [5.74, 6) is 0.855. The van der Waals surface area contributed by atoms with Crippen molar-refractivity contribution in [3.05, 3.63) is 58.0 Å². The summed E-state index contributed by atoms with van der Waals surface area (Å²) in [6, 6.07) is 10.2. The van der Waals surface area contributed by atoms with E-state index < -0.39 is 0 Å². The van der Waals surface area contributed by atoms with E-state index in [1.54, 1.807) is 6.07 Å². The maximum atomic E-state index is 5.86. The van der Waals surface area contributed by atoms with Gasteiger partial charge < -0.3 is 9.73 Å². The molecule has 1 atom stereocenters. The topological polar surface area (TPSA) is 25.2 Å². The Kier molecular flexibility index (Phi) is 4.10. The largest absolute Gasteiger partial charge is 0.448 e. The lowest BCUT2D eigenvalue weighted by molar-refractivity contribution is 0.452. The molecule has 0 aliphatic carbocycles. The van der Waals surface area contributed by atoms with Crippen LogP contribution in [0, 0.1) is 13.8 Å². The molecule has 2 nitrogen and oxygen atoms in total. The van der Waals surface area contributed by atoms with Crippen molar-refractivity contribution in [2.24, 2.45) is 0 Å². The van der Waals surface area contributed by atoms with Crippen LogP contribution in [-0.4, -0.2) is 6.54 Å². The SMILES string of the molecule is CCNC(c1ccc(Cl)o1)c1ccc(C)cc1C. The summed E-state index contributed by atoms with van der Waals surface area (Å²) in [5, 5.41) is 3.86. The number of benzene rings is 1. The molecule has 1 N–H and O–H groups in total. The highest BCUT2D eigenvalue weighted by atomic mass is 35.5. The first-order valence-corrected chi connectivity index (χ1v) is 6.55. The van der Waals surface area contributed by atoms with Gasteiger partial charge in [-0.3, -0.25) is 0 Å². The van der Waals surface area contributed by atoms with Gasteiger partial charge in [0.2, 0.25) is 0 Å². The molecule has 0 saturated heterocycles. The van der Waals surface area contributed by atoms with Crippen LogP contribution in [0.5, 0.6) is 0 Å². The molecule has 0 aliphatic heterocycles. The molecule has 2 rings (SSSR count). The highest BCUT2D eigenvalue weighted by molar-refractivity contribution is 6.28. The molecule has 1 aromatic carbocycles. The van der Waals surface area contributed by atoms with Crippen LogP contribution in [0.15, 0.2) is 34.7 Å². The molecule has 0 amide bonds. The van der Waals surface area contributed by atoms with Gasteiger partial charge in [0.25, 0.3) is 0 Å². The van der Waals surface area contributed by atoms with Gasteiger partial charge in [0.05, 0.1) is 6.04 Å². The fraction of sp³-hybridized carbons (Fsp3) is 0.333. The molecule has 96 valence electrons. The summed E-state index contributed by atoms with van der Waals surface area (Å²) in [4.78, 5) is 0. The zero-order chi connectivity index (χ0) is 13.1. The van der Waals surface area contributed by atoms with E-state index in [4.69, 9.17) is 16.0 Å². The van der Waals surface area contributed by atoms with E-state index in [0.717, 1.165) is 12.3 Å². The minimum absolute atomic E-state index is 0.0584. The second kappa shape index (κ2) is 5.59. The van der Waals surface area contributed by atoms with Crippen molar-refractivity contribution < 1.29 is 4.42 Å². The summed E-state index contributed by atoms with van der Waals surface area (Å²) in [6.07, 6.45) is 0. The van der Waals surface area contributed by atoms with Crippen LogP contribution in [0.3, 0.4) is 0 Å². The van der Waals surface area contributed by atoms with Crippen molar-refractivity contribution in [1.29, 1.82) is 0 Å². The van der Waals surface area contributed by atoms with Crippen molar-refractivity contribution in [1.82, 2.24) is 5.32 Å². The first-order chi connectivity index (χ1) is 8.61. The lowest BCUT2D eigenvalue weighted by Gasteiger charge is -2.18. The Labute approximate surface area is 113 Å². The highest BCUT2D eigenvalue weighted by Crippen LogP contribution is 2.28. The molecule has 0 radical (unpaired) electrons. The van der Waals surface area contributed by atoms with Gasteiger partial charge >= 0.3 is 0 Å². The smallest absolute Gasteiger partial charge is 0.193 e. The van der Waals surface area contributed by atoms with Crippen molar-refractivity contribution in [3.8, 4) is 0 Å². The second-order valence-corrected chi connectivity index (χ2v) is 4.87. The number of furan rings is 1. The second-order valence-electron chi connectivity index (χ2n) is 4.49. The zero-order valence-corrected chi connectivity index (χ0v) is 11.7. The maximum absolute atomic E-state index is 5.86. The van der Waals surface area contributed by atoms with E-state index in [1.807, 2.05) is 6.07 Å². The average molecular weight is 264 g/mol. The molecule has 0 saturated carbocycles. The molecule has 3 heteroatoms. The van der Waals surface area contributed by atoms with E-state index in [9.17, 15) is 0 Å². The van der Waals surface area contributed by atoms with Gasteiger partial charge in [0.1, 0.15) is 5.76 Å². The van der Waals surface area contributed by atoms with Gasteiger partial charge in [-0.15, -0.1) is 0 Å². The molecule has 1 unspecified atom stereocenters. The maximum Gasteiger partial charge on any atom is 0.193 e. The standard InChI is InChI=1S/C15H18ClNO/c1-4-17-15(13-7-8-14(16)18-13)12-6-5-10(2)9-11(12)3/h5-9,15,17H,4H2,1-3H3. The van der Waals surface area contributed by atoms with Gasteiger partial charge in [0.15, 0.2) is 5.22 Å². The number of rotatable bonds is 4. The van der Waals surface area contributed by atoms with Crippen molar-refractivity contribution in [3.63, 3.8) is 0 Å². The van der Waals surface area contributed by atoms with Crippen LogP contribution in [0.25, 0.3) is 0 Å². The zero-order valence-electron chi connectivity index (χ0n) is 11.0. The third-order valence-electron chi connectivity index (χ3n) is 3.02. The highest BCUT2D eigenvalue weighted by Gasteiger charge is 2.18. The Hall–Kier alpha value is -1.25. The number of hydrogen-bond donors (Lipinski definition) is 1. The summed E-state index contributed by atoms with van der Waals surface area (Å²) in [6.45, 7) is 7.18. The molecule has 0 bridgehead atoms.